The molecule has 1 aromatic carbocycles. The van der Waals surface area contributed by atoms with Gasteiger partial charge in [-0.1, -0.05) is 18.2 Å². The van der Waals surface area contributed by atoms with E-state index in [0.717, 1.165) is 4.90 Å². The number of nitrogens with zero attached hydrogens (tertiary/aromatic N) is 2. The second kappa shape index (κ2) is 6.96. The van der Waals surface area contributed by atoms with E-state index < -0.39 is 17.8 Å². The Bertz CT molecular complexity index is 862. The van der Waals surface area contributed by atoms with E-state index in [9.17, 15) is 14.4 Å². The number of anilines is 1. The molecule has 1 saturated heterocycles. The molecule has 3 rings (SSSR count). The number of pyridine rings is 1. The Hall–Kier alpha value is -3.48. The first kappa shape index (κ1) is 16.4. The van der Waals surface area contributed by atoms with Crippen molar-refractivity contribution in [3.8, 4) is 5.75 Å². The number of rotatable bonds is 4. The first-order valence-corrected chi connectivity index (χ1v) is 7.65. The molecule has 0 unspecified atom stereocenters. The summed E-state index contributed by atoms with van der Waals surface area (Å²) in [5.74, 6) is -0.900. The summed E-state index contributed by atoms with van der Waals surface area (Å²) >= 11 is 0. The molecular weight excluding hydrogens is 322 g/mol. The van der Waals surface area contributed by atoms with Crippen LogP contribution < -0.4 is 15.0 Å². The number of nitrogens with one attached hydrogen (secondary N) is 1. The first-order valence-electron chi connectivity index (χ1n) is 7.65. The molecule has 0 bridgehead atoms. The summed E-state index contributed by atoms with van der Waals surface area (Å²) in [6.45, 7) is 2.29. The van der Waals surface area contributed by atoms with Crippen LogP contribution in [0, 0.1) is 0 Å². The van der Waals surface area contributed by atoms with Crippen molar-refractivity contribution in [1.82, 2.24) is 10.3 Å². The van der Waals surface area contributed by atoms with Gasteiger partial charge in [0.05, 0.1) is 12.3 Å². The summed E-state index contributed by atoms with van der Waals surface area (Å²) in [6.07, 6.45) is 4.34. The second-order valence-electron chi connectivity index (χ2n) is 5.13. The average Bonchev–Trinajstić information content (AvgIpc) is 2.61. The summed E-state index contributed by atoms with van der Waals surface area (Å²) in [6, 6.07) is 9.27. The van der Waals surface area contributed by atoms with Crippen LogP contribution in [0.1, 0.15) is 12.5 Å². The summed E-state index contributed by atoms with van der Waals surface area (Å²) in [4.78, 5) is 41.7. The molecule has 2 heterocycles. The Labute approximate surface area is 143 Å². The van der Waals surface area contributed by atoms with E-state index in [2.05, 4.69) is 10.3 Å². The quantitative estimate of drug-likeness (QED) is 0.682. The lowest BCUT2D eigenvalue weighted by Crippen LogP contribution is -2.54. The Morgan fingerprint density at radius 2 is 1.84 bits per heavy atom. The fourth-order valence-electron chi connectivity index (χ4n) is 2.43. The van der Waals surface area contributed by atoms with Gasteiger partial charge in [-0.3, -0.25) is 19.9 Å². The number of barbiturate groups is 1. The van der Waals surface area contributed by atoms with Crippen LogP contribution in [0.4, 0.5) is 10.5 Å². The zero-order valence-electron chi connectivity index (χ0n) is 13.4. The molecule has 1 aliphatic rings. The van der Waals surface area contributed by atoms with E-state index in [1.165, 1.54) is 30.6 Å². The molecular formula is C18H15N3O4. The molecule has 1 aromatic heterocycles. The van der Waals surface area contributed by atoms with Crippen LogP contribution in [0.15, 0.2) is 54.4 Å². The van der Waals surface area contributed by atoms with Crippen molar-refractivity contribution in [2.45, 2.75) is 6.92 Å². The van der Waals surface area contributed by atoms with Gasteiger partial charge in [0.1, 0.15) is 11.3 Å². The van der Waals surface area contributed by atoms with Crippen LogP contribution in [-0.2, 0) is 9.59 Å². The van der Waals surface area contributed by atoms with Crippen LogP contribution in [-0.4, -0.2) is 29.4 Å². The Balaban J connectivity index is 2.02. The fourth-order valence-corrected chi connectivity index (χ4v) is 2.43. The zero-order chi connectivity index (χ0) is 17.8. The van der Waals surface area contributed by atoms with Gasteiger partial charge in [-0.25, -0.2) is 9.69 Å². The Morgan fingerprint density at radius 3 is 2.56 bits per heavy atom. The van der Waals surface area contributed by atoms with Gasteiger partial charge in [0.15, 0.2) is 0 Å². The second-order valence-corrected chi connectivity index (χ2v) is 5.13. The predicted molar refractivity (Wildman–Crippen MR) is 90.8 cm³/mol. The standard InChI is InChI=1S/C18H15N3O4/c1-2-25-15-6-4-3-5-12(15)11-14-16(22)20-18(24)21(17(14)23)13-7-9-19-10-8-13/h3-11H,2H2,1H3,(H,20,22,24)/b14-11+. The molecule has 0 atom stereocenters. The summed E-state index contributed by atoms with van der Waals surface area (Å²) in [5, 5.41) is 2.18. The average molecular weight is 337 g/mol. The van der Waals surface area contributed by atoms with Crippen LogP contribution in [0.3, 0.4) is 0 Å². The molecule has 2 aromatic rings. The third-order valence-corrected chi connectivity index (χ3v) is 3.54. The van der Waals surface area contributed by atoms with Crippen LogP contribution in [0.2, 0.25) is 0 Å². The maximum Gasteiger partial charge on any atom is 0.335 e. The van der Waals surface area contributed by atoms with Gasteiger partial charge in [-0.2, -0.15) is 0 Å². The number of aromatic nitrogens is 1. The topological polar surface area (TPSA) is 88.6 Å². The summed E-state index contributed by atoms with van der Waals surface area (Å²) in [7, 11) is 0. The van der Waals surface area contributed by atoms with Gasteiger partial charge in [-0.05, 0) is 31.2 Å². The van der Waals surface area contributed by atoms with Gasteiger partial charge in [0.25, 0.3) is 11.8 Å². The number of para-hydroxylation sites is 1. The lowest BCUT2D eigenvalue weighted by atomic mass is 10.1. The van der Waals surface area contributed by atoms with Gasteiger partial charge < -0.3 is 4.74 Å². The van der Waals surface area contributed by atoms with Gasteiger partial charge in [0.2, 0.25) is 0 Å². The van der Waals surface area contributed by atoms with Crippen molar-refractivity contribution in [2.24, 2.45) is 0 Å². The van der Waals surface area contributed by atoms with Crippen molar-refractivity contribution in [2.75, 3.05) is 11.5 Å². The highest BCUT2D eigenvalue weighted by Gasteiger charge is 2.36. The maximum atomic E-state index is 12.7. The molecule has 1 fully saturated rings. The van der Waals surface area contributed by atoms with Gasteiger partial charge in [-0.15, -0.1) is 0 Å². The van der Waals surface area contributed by atoms with Crippen molar-refractivity contribution in [1.29, 1.82) is 0 Å². The molecule has 1 N–H and O–H groups in total. The number of amides is 4. The van der Waals surface area contributed by atoms with Gasteiger partial charge in [0, 0.05) is 18.0 Å². The molecule has 25 heavy (non-hydrogen) atoms. The molecule has 0 saturated carbocycles. The van der Waals surface area contributed by atoms with E-state index >= 15 is 0 Å². The Kier molecular flexibility index (Phi) is 4.56. The van der Waals surface area contributed by atoms with E-state index in [1.807, 2.05) is 6.92 Å². The number of hydrogen-bond acceptors (Lipinski definition) is 5. The maximum absolute atomic E-state index is 12.7. The lowest BCUT2D eigenvalue weighted by Gasteiger charge is -2.26. The minimum absolute atomic E-state index is 0.149. The highest BCUT2D eigenvalue weighted by molar-refractivity contribution is 6.39. The number of urea groups is 1. The summed E-state index contributed by atoms with van der Waals surface area (Å²) < 4.78 is 5.51. The minimum atomic E-state index is -0.795. The fraction of sp³-hybridized carbons (Fsp3) is 0.111. The van der Waals surface area contributed by atoms with E-state index in [4.69, 9.17) is 4.74 Å². The smallest absolute Gasteiger partial charge is 0.335 e. The minimum Gasteiger partial charge on any atom is -0.493 e. The molecule has 0 radical (unpaired) electrons. The largest absolute Gasteiger partial charge is 0.493 e. The molecule has 7 heteroatoms. The van der Waals surface area contributed by atoms with Crippen molar-refractivity contribution < 1.29 is 19.1 Å². The lowest BCUT2D eigenvalue weighted by molar-refractivity contribution is -0.122. The van der Waals surface area contributed by atoms with E-state index in [0.29, 0.717) is 23.6 Å². The molecule has 0 spiro atoms. The number of carbonyl (C=O) groups excluding carboxylic acids is 3. The number of benzene rings is 1. The number of hydrogen-bond donors (Lipinski definition) is 1. The van der Waals surface area contributed by atoms with Crippen molar-refractivity contribution in [3.05, 3.63) is 59.9 Å². The molecule has 1 aliphatic heterocycles. The first-order chi connectivity index (χ1) is 12.1. The molecule has 7 nitrogen and oxygen atoms in total. The Morgan fingerprint density at radius 1 is 1.12 bits per heavy atom. The SMILES string of the molecule is CCOc1ccccc1/C=C1\C(=O)NC(=O)N(c2ccncc2)C1=O. The molecule has 4 amide bonds. The molecule has 0 aliphatic carbocycles. The number of imide groups is 2. The normalized spacial score (nSPS) is 16.1. The van der Waals surface area contributed by atoms with Gasteiger partial charge >= 0.3 is 6.03 Å². The number of ether oxygens (including phenoxy) is 1. The van der Waals surface area contributed by atoms with Crippen LogP contribution >= 0.6 is 0 Å². The van der Waals surface area contributed by atoms with Crippen LogP contribution in [0.25, 0.3) is 6.08 Å². The highest BCUT2D eigenvalue weighted by atomic mass is 16.5. The van der Waals surface area contributed by atoms with Crippen LogP contribution in [0.5, 0.6) is 5.75 Å². The van der Waals surface area contributed by atoms with Crippen molar-refractivity contribution >= 4 is 29.6 Å². The third-order valence-electron chi connectivity index (χ3n) is 3.54. The zero-order valence-corrected chi connectivity index (χ0v) is 13.4. The highest BCUT2D eigenvalue weighted by Crippen LogP contribution is 2.25. The van der Waals surface area contributed by atoms with E-state index in [-0.39, 0.29) is 5.57 Å². The summed E-state index contributed by atoms with van der Waals surface area (Å²) in [5.41, 5.74) is 0.754. The van der Waals surface area contributed by atoms with E-state index in [1.54, 1.807) is 24.3 Å². The monoisotopic (exact) mass is 337 g/mol. The molecule has 126 valence electrons. The van der Waals surface area contributed by atoms with Crippen molar-refractivity contribution in [3.63, 3.8) is 0 Å². The third kappa shape index (κ3) is 3.25. The number of carbonyl (C=O) groups is 3. The predicted octanol–water partition coefficient (Wildman–Crippen LogP) is 2.15.